The van der Waals surface area contributed by atoms with Gasteiger partial charge in [-0.25, -0.2) is 0 Å². The summed E-state index contributed by atoms with van der Waals surface area (Å²) in [5, 5.41) is 0. The Kier molecular flexibility index (Phi) is 4.90. The van der Waals surface area contributed by atoms with Crippen LogP contribution in [0.25, 0.3) is 0 Å². The van der Waals surface area contributed by atoms with Crippen LogP contribution < -0.4 is 14.4 Å². The van der Waals surface area contributed by atoms with Gasteiger partial charge in [-0.1, -0.05) is 12.1 Å². The third-order valence-electron chi connectivity index (χ3n) is 5.50. The topological polar surface area (TPSA) is 55.8 Å². The number of anilines is 1. The van der Waals surface area contributed by atoms with Gasteiger partial charge in [0.05, 0.1) is 14.2 Å². The molecule has 0 saturated heterocycles. The number of methoxy groups -OCH3 is 2. The lowest BCUT2D eigenvalue weighted by atomic mass is 9.77. The van der Waals surface area contributed by atoms with Crippen LogP contribution in [0.3, 0.4) is 0 Å². The Balaban J connectivity index is 1.81. The van der Waals surface area contributed by atoms with Crippen molar-refractivity contribution in [1.29, 1.82) is 0 Å². The number of nitrogens with zero attached hydrogens (tertiary/aromatic N) is 1. The number of ketones is 1. The van der Waals surface area contributed by atoms with Crippen molar-refractivity contribution in [3.63, 3.8) is 0 Å². The summed E-state index contributed by atoms with van der Waals surface area (Å²) in [5.41, 5.74) is 3.34. The van der Waals surface area contributed by atoms with Gasteiger partial charge in [-0.2, -0.15) is 0 Å². The average molecular weight is 377 g/mol. The van der Waals surface area contributed by atoms with Crippen molar-refractivity contribution in [3.05, 3.63) is 65.4 Å². The first-order valence-corrected chi connectivity index (χ1v) is 9.49. The summed E-state index contributed by atoms with van der Waals surface area (Å²) in [6.45, 7) is 0. The molecule has 1 unspecified atom stereocenters. The molecule has 5 nitrogen and oxygen atoms in total. The van der Waals surface area contributed by atoms with E-state index in [9.17, 15) is 9.59 Å². The van der Waals surface area contributed by atoms with E-state index in [-0.39, 0.29) is 24.0 Å². The molecule has 0 spiro atoms. The van der Waals surface area contributed by atoms with E-state index in [1.807, 2.05) is 48.5 Å². The van der Waals surface area contributed by atoms with Gasteiger partial charge in [-0.05, 0) is 54.8 Å². The fourth-order valence-corrected chi connectivity index (χ4v) is 4.17. The van der Waals surface area contributed by atoms with E-state index in [4.69, 9.17) is 9.47 Å². The second-order valence-electron chi connectivity index (χ2n) is 7.10. The molecule has 0 saturated carbocycles. The lowest BCUT2D eigenvalue weighted by molar-refractivity contribution is -0.119. The molecular weight excluding hydrogens is 354 g/mol. The molecule has 1 atom stereocenters. The van der Waals surface area contributed by atoms with Gasteiger partial charge in [-0.3, -0.25) is 14.5 Å². The Morgan fingerprint density at radius 2 is 1.68 bits per heavy atom. The lowest BCUT2D eigenvalue weighted by Crippen LogP contribution is -2.40. The Morgan fingerprint density at radius 1 is 0.929 bits per heavy atom. The number of Topliss-reactive ketones (excluding diaryl/α,β-unsaturated/α-hetero) is 1. The van der Waals surface area contributed by atoms with Crippen molar-refractivity contribution in [3.8, 4) is 11.5 Å². The van der Waals surface area contributed by atoms with Gasteiger partial charge in [0.25, 0.3) is 0 Å². The van der Waals surface area contributed by atoms with E-state index in [0.717, 1.165) is 46.9 Å². The predicted octanol–water partition coefficient (Wildman–Crippen LogP) is 4.23. The van der Waals surface area contributed by atoms with E-state index < -0.39 is 0 Å². The summed E-state index contributed by atoms with van der Waals surface area (Å²) < 4.78 is 10.6. The second-order valence-corrected chi connectivity index (χ2v) is 7.10. The molecule has 1 aliphatic carbocycles. The maximum atomic E-state index is 13.2. The van der Waals surface area contributed by atoms with Gasteiger partial charge < -0.3 is 9.47 Å². The zero-order chi connectivity index (χ0) is 19.7. The summed E-state index contributed by atoms with van der Waals surface area (Å²) in [4.78, 5) is 27.8. The zero-order valence-electron chi connectivity index (χ0n) is 16.1. The molecule has 2 aliphatic rings. The van der Waals surface area contributed by atoms with Crippen LogP contribution in [0.15, 0.2) is 59.8 Å². The molecule has 1 aliphatic heterocycles. The minimum atomic E-state index is -0.222. The molecule has 0 radical (unpaired) electrons. The van der Waals surface area contributed by atoms with Gasteiger partial charge in [-0.15, -0.1) is 0 Å². The number of amides is 1. The van der Waals surface area contributed by atoms with E-state index in [1.165, 1.54) is 0 Å². The van der Waals surface area contributed by atoms with Gasteiger partial charge in [0, 0.05) is 35.7 Å². The maximum Gasteiger partial charge on any atom is 0.232 e. The van der Waals surface area contributed by atoms with Crippen LogP contribution in [-0.4, -0.2) is 25.9 Å². The number of hydrogen-bond donors (Lipinski definition) is 0. The minimum Gasteiger partial charge on any atom is -0.497 e. The van der Waals surface area contributed by atoms with Crippen LogP contribution in [0.1, 0.15) is 37.2 Å². The molecule has 144 valence electrons. The Morgan fingerprint density at radius 3 is 2.39 bits per heavy atom. The first-order chi connectivity index (χ1) is 13.6. The Hall–Kier alpha value is -3.08. The molecule has 0 fully saturated rings. The molecule has 0 bridgehead atoms. The zero-order valence-corrected chi connectivity index (χ0v) is 16.1. The highest BCUT2D eigenvalue weighted by Gasteiger charge is 2.39. The van der Waals surface area contributed by atoms with Crippen LogP contribution in [0.5, 0.6) is 11.5 Å². The Labute approximate surface area is 164 Å². The highest BCUT2D eigenvalue weighted by atomic mass is 16.5. The monoisotopic (exact) mass is 377 g/mol. The van der Waals surface area contributed by atoms with Crippen LogP contribution in [-0.2, 0) is 9.59 Å². The van der Waals surface area contributed by atoms with Crippen molar-refractivity contribution < 1.29 is 19.1 Å². The SMILES string of the molecule is COc1ccc(N2C(=O)CC(c3cccc(OC)c3)C3=C2CCCC3=O)cc1. The van der Waals surface area contributed by atoms with E-state index >= 15 is 0 Å². The molecule has 2 aromatic carbocycles. The largest absolute Gasteiger partial charge is 0.497 e. The summed E-state index contributed by atoms with van der Waals surface area (Å²) in [6, 6.07) is 15.1. The average Bonchev–Trinajstić information content (AvgIpc) is 2.73. The smallest absolute Gasteiger partial charge is 0.232 e. The molecular formula is C23H23NO4. The normalized spacial score (nSPS) is 19.5. The molecule has 2 aromatic rings. The minimum absolute atomic E-state index is 0.00596. The van der Waals surface area contributed by atoms with E-state index in [2.05, 4.69) is 0 Å². The standard InChI is InChI=1S/C23H23NO4/c1-27-17-11-9-16(10-12-17)24-20-7-4-8-21(25)23(20)19(14-22(24)26)15-5-3-6-18(13-15)28-2/h3,5-6,9-13,19H,4,7-8,14H2,1-2H3. The molecule has 4 rings (SSSR count). The number of carbonyl (C=O) groups excluding carboxylic acids is 2. The maximum absolute atomic E-state index is 13.2. The number of hydrogen-bond acceptors (Lipinski definition) is 4. The van der Waals surface area contributed by atoms with Crippen molar-refractivity contribution in [1.82, 2.24) is 0 Å². The molecule has 0 aromatic heterocycles. The van der Waals surface area contributed by atoms with Crippen LogP contribution in [0.2, 0.25) is 0 Å². The second kappa shape index (κ2) is 7.50. The third kappa shape index (κ3) is 3.17. The molecule has 28 heavy (non-hydrogen) atoms. The third-order valence-corrected chi connectivity index (χ3v) is 5.50. The van der Waals surface area contributed by atoms with Crippen LogP contribution in [0.4, 0.5) is 5.69 Å². The summed E-state index contributed by atoms with van der Waals surface area (Å²) in [6.07, 6.45) is 2.29. The Bertz CT molecular complexity index is 945. The van der Waals surface area contributed by atoms with Crippen molar-refractivity contribution in [2.75, 3.05) is 19.1 Å². The summed E-state index contributed by atoms with van der Waals surface area (Å²) in [7, 11) is 3.23. The molecule has 1 amide bonds. The van der Waals surface area contributed by atoms with E-state index in [0.29, 0.717) is 6.42 Å². The lowest BCUT2D eigenvalue weighted by Gasteiger charge is -2.38. The molecule has 1 heterocycles. The van der Waals surface area contributed by atoms with Crippen LogP contribution in [0, 0.1) is 0 Å². The molecule has 5 heteroatoms. The van der Waals surface area contributed by atoms with Gasteiger partial charge in [0.2, 0.25) is 5.91 Å². The first-order valence-electron chi connectivity index (χ1n) is 9.49. The van der Waals surface area contributed by atoms with Crippen molar-refractivity contribution >= 4 is 17.4 Å². The number of carbonyl (C=O) groups is 2. The van der Waals surface area contributed by atoms with Gasteiger partial charge in [0.1, 0.15) is 11.5 Å². The molecule has 0 N–H and O–H groups in total. The fourth-order valence-electron chi connectivity index (χ4n) is 4.17. The number of allylic oxidation sites excluding steroid dienone is 2. The predicted molar refractivity (Wildman–Crippen MR) is 107 cm³/mol. The summed E-state index contributed by atoms with van der Waals surface area (Å²) >= 11 is 0. The number of benzene rings is 2. The first kappa shape index (κ1) is 18.3. The van der Waals surface area contributed by atoms with Crippen LogP contribution >= 0.6 is 0 Å². The number of ether oxygens (including phenoxy) is 2. The highest BCUT2D eigenvalue weighted by molar-refractivity contribution is 6.07. The number of rotatable bonds is 4. The van der Waals surface area contributed by atoms with E-state index in [1.54, 1.807) is 19.1 Å². The van der Waals surface area contributed by atoms with Crippen molar-refractivity contribution in [2.45, 2.75) is 31.6 Å². The van der Waals surface area contributed by atoms with Gasteiger partial charge in [0.15, 0.2) is 5.78 Å². The van der Waals surface area contributed by atoms with Gasteiger partial charge >= 0.3 is 0 Å². The highest BCUT2D eigenvalue weighted by Crippen LogP contribution is 2.44. The summed E-state index contributed by atoms with van der Waals surface area (Å²) in [5.74, 6) is 1.38. The van der Waals surface area contributed by atoms with Crippen molar-refractivity contribution in [2.24, 2.45) is 0 Å². The fraction of sp³-hybridized carbons (Fsp3) is 0.304. The quantitative estimate of drug-likeness (QED) is 0.800.